The zero-order valence-electron chi connectivity index (χ0n) is 13.7. The van der Waals surface area contributed by atoms with Gasteiger partial charge in [0.15, 0.2) is 11.8 Å². The van der Waals surface area contributed by atoms with Gasteiger partial charge < -0.3 is 19.5 Å². The summed E-state index contributed by atoms with van der Waals surface area (Å²) >= 11 is 0. The van der Waals surface area contributed by atoms with E-state index in [9.17, 15) is 9.59 Å². The van der Waals surface area contributed by atoms with Crippen molar-refractivity contribution in [1.82, 2.24) is 9.78 Å². The van der Waals surface area contributed by atoms with Crippen LogP contribution in [-0.4, -0.2) is 53.7 Å². The zero-order valence-corrected chi connectivity index (χ0v) is 13.7. The van der Waals surface area contributed by atoms with E-state index in [0.717, 1.165) is 0 Å². The number of anilines is 1. The summed E-state index contributed by atoms with van der Waals surface area (Å²) in [6.07, 6.45) is 6.23. The molecule has 3 atom stereocenters. The second kappa shape index (κ2) is 6.58. The van der Waals surface area contributed by atoms with Gasteiger partial charge in [-0.25, -0.2) is 4.79 Å². The Hall–Kier alpha value is -2.45. The van der Waals surface area contributed by atoms with Crippen LogP contribution in [-0.2, 0) is 26.1 Å². The zero-order chi connectivity index (χ0) is 17.3. The van der Waals surface area contributed by atoms with Crippen LogP contribution in [0.4, 0.5) is 5.69 Å². The second-order valence-electron chi connectivity index (χ2n) is 5.57. The highest BCUT2D eigenvalue weighted by Gasteiger charge is 2.34. The Labute approximate surface area is 139 Å². The molecule has 2 aliphatic rings. The number of nitrogens with one attached hydrogen (secondary N) is 1. The van der Waals surface area contributed by atoms with Gasteiger partial charge in [-0.1, -0.05) is 24.3 Å². The summed E-state index contributed by atoms with van der Waals surface area (Å²) in [5.74, 6) is -1.01. The average molecular weight is 333 g/mol. The molecular weight excluding hydrogens is 314 g/mol. The fourth-order valence-electron chi connectivity index (χ4n) is 2.61. The van der Waals surface area contributed by atoms with Gasteiger partial charge in [-0.05, 0) is 6.92 Å². The maximum absolute atomic E-state index is 12.5. The number of hydrogen-bond donors (Lipinski definition) is 1. The third kappa shape index (κ3) is 2.98. The SMILES string of the molecule is COC(=O)c1nn(C)c(C)c1NC(=O)C1COC2C=CC=CC2O1. The highest BCUT2D eigenvalue weighted by Crippen LogP contribution is 2.24. The van der Waals surface area contributed by atoms with E-state index in [2.05, 4.69) is 10.4 Å². The number of rotatable bonds is 3. The maximum atomic E-state index is 12.5. The molecule has 8 nitrogen and oxygen atoms in total. The smallest absolute Gasteiger partial charge is 0.360 e. The lowest BCUT2D eigenvalue weighted by Gasteiger charge is -2.34. The van der Waals surface area contributed by atoms with Crippen molar-refractivity contribution < 1.29 is 23.8 Å². The van der Waals surface area contributed by atoms with Crippen LogP contribution >= 0.6 is 0 Å². The van der Waals surface area contributed by atoms with E-state index in [1.165, 1.54) is 11.8 Å². The number of hydrogen-bond acceptors (Lipinski definition) is 6. The molecule has 1 aromatic heterocycles. The predicted octanol–water partition coefficient (Wildman–Crippen LogP) is 0.732. The molecule has 1 aromatic rings. The van der Waals surface area contributed by atoms with Crippen LogP contribution in [0.25, 0.3) is 0 Å². The Morgan fingerprint density at radius 2 is 2.04 bits per heavy atom. The molecule has 8 heteroatoms. The first kappa shape index (κ1) is 16.4. The number of nitrogens with zero attached hydrogens (tertiary/aromatic N) is 2. The number of esters is 1. The summed E-state index contributed by atoms with van der Waals surface area (Å²) in [7, 11) is 2.94. The molecule has 1 amide bonds. The number of methoxy groups -OCH3 is 1. The van der Waals surface area contributed by atoms with E-state index in [1.54, 1.807) is 14.0 Å². The quantitative estimate of drug-likeness (QED) is 0.820. The number of allylic oxidation sites excluding steroid dienone is 2. The van der Waals surface area contributed by atoms with Crippen molar-refractivity contribution in [3.63, 3.8) is 0 Å². The van der Waals surface area contributed by atoms with E-state index in [-0.39, 0.29) is 24.5 Å². The molecule has 1 N–H and O–H groups in total. The van der Waals surface area contributed by atoms with E-state index in [1.807, 2.05) is 24.3 Å². The number of fused-ring (bicyclic) bond motifs is 1. The van der Waals surface area contributed by atoms with Crippen molar-refractivity contribution in [2.24, 2.45) is 7.05 Å². The van der Waals surface area contributed by atoms with E-state index in [4.69, 9.17) is 14.2 Å². The van der Waals surface area contributed by atoms with Crippen LogP contribution in [0, 0.1) is 6.92 Å². The van der Waals surface area contributed by atoms with Crippen LogP contribution in [0.5, 0.6) is 0 Å². The summed E-state index contributed by atoms with van der Waals surface area (Å²) in [4.78, 5) is 24.3. The van der Waals surface area contributed by atoms with E-state index < -0.39 is 18.0 Å². The van der Waals surface area contributed by atoms with Crippen molar-refractivity contribution in [1.29, 1.82) is 0 Å². The first-order valence-corrected chi connectivity index (χ1v) is 7.56. The number of aryl methyl sites for hydroxylation is 1. The average Bonchev–Trinajstić information content (AvgIpc) is 2.89. The van der Waals surface area contributed by atoms with Crippen LogP contribution in [0.3, 0.4) is 0 Å². The normalized spacial score (nSPS) is 25.2. The fraction of sp³-hybridized carbons (Fsp3) is 0.438. The molecule has 24 heavy (non-hydrogen) atoms. The molecule has 0 spiro atoms. The third-order valence-electron chi connectivity index (χ3n) is 4.05. The molecule has 0 saturated carbocycles. The Morgan fingerprint density at radius 3 is 2.75 bits per heavy atom. The topological polar surface area (TPSA) is 91.7 Å². The molecule has 2 heterocycles. The fourth-order valence-corrected chi connectivity index (χ4v) is 2.61. The molecule has 3 rings (SSSR count). The van der Waals surface area contributed by atoms with Gasteiger partial charge in [0.05, 0.1) is 25.1 Å². The first-order chi connectivity index (χ1) is 11.5. The lowest BCUT2D eigenvalue weighted by Crippen LogP contribution is -2.47. The summed E-state index contributed by atoms with van der Waals surface area (Å²) in [6, 6.07) is 0. The van der Waals surface area contributed by atoms with Gasteiger partial charge in [0.25, 0.3) is 5.91 Å². The van der Waals surface area contributed by atoms with Gasteiger partial charge in [-0.3, -0.25) is 9.48 Å². The molecule has 0 radical (unpaired) electrons. The van der Waals surface area contributed by atoms with Crippen molar-refractivity contribution in [2.75, 3.05) is 19.0 Å². The highest BCUT2D eigenvalue weighted by atomic mass is 16.6. The largest absolute Gasteiger partial charge is 0.464 e. The number of carbonyl (C=O) groups is 2. The third-order valence-corrected chi connectivity index (χ3v) is 4.05. The van der Waals surface area contributed by atoms with Gasteiger partial charge in [-0.2, -0.15) is 5.10 Å². The number of carbonyl (C=O) groups excluding carboxylic acids is 2. The van der Waals surface area contributed by atoms with Gasteiger partial charge in [0, 0.05) is 7.05 Å². The van der Waals surface area contributed by atoms with Crippen molar-refractivity contribution in [2.45, 2.75) is 25.2 Å². The molecule has 1 saturated heterocycles. The molecule has 128 valence electrons. The standard InChI is InChI=1S/C16H19N3O5/c1-9-13(14(16(21)22-3)18-19(9)2)17-15(20)12-8-23-10-6-4-5-7-11(10)24-12/h4-7,10-12H,8H2,1-3H3,(H,17,20). The molecule has 1 fully saturated rings. The number of aromatic nitrogens is 2. The van der Waals surface area contributed by atoms with Gasteiger partial charge in [-0.15, -0.1) is 0 Å². The first-order valence-electron chi connectivity index (χ1n) is 7.56. The number of ether oxygens (including phenoxy) is 3. The molecule has 1 aliphatic carbocycles. The van der Waals surface area contributed by atoms with Crippen molar-refractivity contribution in [3.8, 4) is 0 Å². The van der Waals surface area contributed by atoms with Crippen LogP contribution in [0.1, 0.15) is 16.2 Å². The summed E-state index contributed by atoms with van der Waals surface area (Å²) in [5, 5.41) is 6.79. The Kier molecular flexibility index (Phi) is 4.50. The Bertz CT molecular complexity index is 722. The highest BCUT2D eigenvalue weighted by molar-refractivity contribution is 6.02. The lowest BCUT2D eigenvalue weighted by molar-refractivity contribution is -0.164. The number of amides is 1. The summed E-state index contributed by atoms with van der Waals surface area (Å²) in [5.41, 5.74) is 1.01. The Morgan fingerprint density at radius 1 is 1.33 bits per heavy atom. The second-order valence-corrected chi connectivity index (χ2v) is 5.57. The molecule has 3 unspecified atom stereocenters. The lowest BCUT2D eigenvalue weighted by atomic mass is 10.1. The monoisotopic (exact) mass is 333 g/mol. The minimum absolute atomic E-state index is 0.0564. The van der Waals surface area contributed by atoms with Gasteiger partial charge >= 0.3 is 5.97 Å². The molecule has 1 aliphatic heterocycles. The van der Waals surface area contributed by atoms with E-state index >= 15 is 0 Å². The molecular formula is C16H19N3O5. The Balaban J connectivity index is 1.75. The molecule has 0 aromatic carbocycles. The van der Waals surface area contributed by atoms with Crippen LogP contribution in [0.2, 0.25) is 0 Å². The summed E-state index contributed by atoms with van der Waals surface area (Å²) < 4.78 is 17.6. The van der Waals surface area contributed by atoms with Crippen LogP contribution < -0.4 is 5.32 Å². The van der Waals surface area contributed by atoms with Crippen molar-refractivity contribution >= 4 is 17.6 Å². The van der Waals surface area contributed by atoms with Gasteiger partial charge in [0.1, 0.15) is 12.2 Å². The predicted molar refractivity (Wildman–Crippen MR) is 84.6 cm³/mol. The van der Waals surface area contributed by atoms with Crippen LogP contribution in [0.15, 0.2) is 24.3 Å². The van der Waals surface area contributed by atoms with E-state index in [0.29, 0.717) is 11.4 Å². The maximum Gasteiger partial charge on any atom is 0.360 e. The minimum atomic E-state index is -0.771. The van der Waals surface area contributed by atoms with Crippen molar-refractivity contribution in [3.05, 3.63) is 35.7 Å². The van der Waals surface area contributed by atoms with Gasteiger partial charge in [0.2, 0.25) is 0 Å². The summed E-state index contributed by atoms with van der Waals surface area (Å²) in [6.45, 7) is 1.88. The molecule has 0 bridgehead atoms. The minimum Gasteiger partial charge on any atom is -0.464 e.